The van der Waals surface area contributed by atoms with E-state index in [0.717, 1.165) is 31.9 Å². The second-order valence-electron chi connectivity index (χ2n) is 6.23. The Morgan fingerprint density at radius 3 is 2.44 bits per heavy atom. The minimum absolute atomic E-state index is 0.179. The zero-order valence-electron chi connectivity index (χ0n) is 14.0. The number of phenols is 1. The number of β-amino-alcohol motifs (C(OH)–C–C–N with tert-alkyl or cyclic N) is 1. The van der Waals surface area contributed by atoms with Gasteiger partial charge in [-0.15, -0.1) is 0 Å². The van der Waals surface area contributed by atoms with Gasteiger partial charge in [-0.1, -0.05) is 6.07 Å². The van der Waals surface area contributed by atoms with Crippen LogP contribution in [0, 0.1) is 5.82 Å². The average molecular weight is 346 g/mol. The molecule has 0 aromatic heterocycles. The molecule has 3 rings (SSSR count). The van der Waals surface area contributed by atoms with Crippen molar-refractivity contribution in [1.82, 2.24) is 4.90 Å². The quantitative estimate of drug-likeness (QED) is 0.839. The predicted octanol–water partition coefficient (Wildman–Crippen LogP) is 2.09. The summed E-state index contributed by atoms with van der Waals surface area (Å²) < 4.78 is 18.3. The van der Waals surface area contributed by atoms with E-state index in [1.807, 2.05) is 12.1 Å². The van der Waals surface area contributed by atoms with Crippen molar-refractivity contribution in [1.29, 1.82) is 0 Å². The van der Waals surface area contributed by atoms with Crippen molar-refractivity contribution >= 4 is 5.69 Å². The molecule has 0 radical (unpaired) electrons. The minimum atomic E-state index is -0.600. The highest BCUT2D eigenvalue weighted by Crippen LogP contribution is 2.21. The van der Waals surface area contributed by atoms with E-state index in [9.17, 15) is 14.6 Å². The molecule has 1 saturated heterocycles. The normalized spacial score (nSPS) is 16.6. The lowest BCUT2D eigenvalue weighted by Gasteiger charge is -2.36. The molecule has 0 aliphatic carbocycles. The number of hydrogen-bond acceptors (Lipinski definition) is 5. The average Bonchev–Trinajstić information content (AvgIpc) is 2.62. The number of hydrogen-bond donors (Lipinski definition) is 2. The molecule has 2 aromatic carbocycles. The number of rotatable bonds is 6. The molecule has 6 heteroatoms. The highest BCUT2D eigenvalue weighted by Gasteiger charge is 2.20. The van der Waals surface area contributed by atoms with Gasteiger partial charge in [0.2, 0.25) is 0 Å². The SMILES string of the molecule is Oc1cccc(N2CCN(CC(O)COc3ccc(F)cc3)CC2)c1. The lowest BCUT2D eigenvalue weighted by Crippen LogP contribution is -2.49. The van der Waals surface area contributed by atoms with Crippen molar-refractivity contribution < 1.29 is 19.3 Å². The standard InChI is InChI=1S/C19H23FN2O3/c20-15-4-6-19(7-5-15)25-14-18(24)13-21-8-10-22(11-9-21)16-2-1-3-17(23)12-16/h1-7,12,18,23-24H,8-11,13-14H2. The first-order chi connectivity index (χ1) is 12.1. The molecule has 1 aliphatic rings. The molecule has 0 bridgehead atoms. The maximum atomic E-state index is 12.8. The van der Waals surface area contributed by atoms with E-state index >= 15 is 0 Å². The van der Waals surface area contributed by atoms with Crippen molar-refractivity contribution in [3.63, 3.8) is 0 Å². The molecule has 134 valence electrons. The van der Waals surface area contributed by atoms with Gasteiger partial charge in [-0.2, -0.15) is 0 Å². The van der Waals surface area contributed by atoms with Crippen molar-refractivity contribution in [2.24, 2.45) is 0 Å². The van der Waals surface area contributed by atoms with Gasteiger partial charge in [0, 0.05) is 44.5 Å². The van der Waals surface area contributed by atoms with Gasteiger partial charge < -0.3 is 19.8 Å². The summed E-state index contributed by atoms with van der Waals surface area (Å²) in [7, 11) is 0. The molecule has 5 nitrogen and oxygen atoms in total. The third kappa shape index (κ3) is 5.08. The molecule has 2 aromatic rings. The largest absolute Gasteiger partial charge is 0.508 e. The van der Waals surface area contributed by atoms with Crippen LogP contribution in [-0.4, -0.2) is 60.5 Å². The van der Waals surface area contributed by atoms with Crippen LogP contribution in [0.1, 0.15) is 0 Å². The number of anilines is 1. The Labute approximate surface area is 146 Å². The van der Waals surface area contributed by atoms with Gasteiger partial charge in [0.05, 0.1) is 0 Å². The van der Waals surface area contributed by atoms with E-state index in [1.54, 1.807) is 24.3 Å². The number of halogens is 1. The van der Waals surface area contributed by atoms with Gasteiger partial charge in [0.15, 0.2) is 0 Å². The van der Waals surface area contributed by atoms with Crippen molar-refractivity contribution in [2.45, 2.75) is 6.10 Å². The van der Waals surface area contributed by atoms with Crippen molar-refractivity contribution in [2.75, 3.05) is 44.2 Å². The zero-order chi connectivity index (χ0) is 17.6. The molecule has 1 fully saturated rings. The molecule has 0 amide bonds. The number of benzene rings is 2. The van der Waals surface area contributed by atoms with Crippen LogP contribution in [0.4, 0.5) is 10.1 Å². The van der Waals surface area contributed by atoms with Crippen molar-refractivity contribution in [3.05, 3.63) is 54.3 Å². The molecular formula is C19H23FN2O3. The van der Waals surface area contributed by atoms with Crippen LogP contribution in [-0.2, 0) is 0 Å². The second kappa shape index (κ2) is 8.18. The first kappa shape index (κ1) is 17.5. The number of piperazine rings is 1. The third-order valence-corrected chi connectivity index (χ3v) is 4.29. The number of aromatic hydroxyl groups is 1. The number of aliphatic hydroxyl groups is 1. The van der Waals surface area contributed by atoms with E-state index in [2.05, 4.69) is 9.80 Å². The number of nitrogens with zero attached hydrogens (tertiary/aromatic N) is 2. The Kier molecular flexibility index (Phi) is 5.73. The van der Waals surface area contributed by atoms with Crippen molar-refractivity contribution in [3.8, 4) is 11.5 Å². The number of ether oxygens (including phenoxy) is 1. The Morgan fingerprint density at radius 2 is 1.76 bits per heavy atom. The predicted molar refractivity (Wildman–Crippen MR) is 94.7 cm³/mol. The van der Waals surface area contributed by atoms with Crippen LogP contribution >= 0.6 is 0 Å². The molecular weight excluding hydrogens is 323 g/mol. The molecule has 2 N–H and O–H groups in total. The summed E-state index contributed by atoms with van der Waals surface area (Å²) in [6.07, 6.45) is -0.600. The van der Waals surface area contributed by atoms with Crippen LogP contribution in [0.3, 0.4) is 0 Å². The van der Waals surface area contributed by atoms with Gasteiger partial charge in [0.1, 0.15) is 30.0 Å². The van der Waals surface area contributed by atoms with Crippen LogP contribution in [0.25, 0.3) is 0 Å². The molecule has 25 heavy (non-hydrogen) atoms. The Morgan fingerprint density at radius 1 is 1.04 bits per heavy atom. The van der Waals surface area contributed by atoms with Gasteiger partial charge in [-0.3, -0.25) is 4.90 Å². The van der Waals surface area contributed by atoms with E-state index in [0.29, 0.717) is 12.3 Å². The zero-order valence-corrected chi connectivity index (χ0v) is 14.0. The first-order valence-corrected chi connectivity index (χ1v) is 8.43. The van der Waals surface area contributed by atoms with Crippen LogP contribution in [0.2, 0.25) is 0 Å². The van der Waals surface area contributed by atoms with Crippen LogP contribution < -0.4 is 9.64 Å². The smallest absolute Gasteiger partial charge is 0.123 e. The number of aliphatic hydroxyl groups excluding tert-OH is 1. The minimum Gasteiger partial charge on any atom is -0.508 e. The Bertz CT molecular complexity index is 673. The maximum Gasteiger partial charge on any atom is 0.123 e. The van der Waals surface area contributed by atoms with Gasteiger partial charge in [-0.05, 0) is 36.4 Å². The van der Waals surface area contributed by atoms with Gasteiger partial charge in [0.25, 0.3) is 0 Å². The van der Waals surface area contributed by atoms with Gasteiger partial charge in [-0.25, -0.2) is 4.39 Å². The second-order valence-corrected chi connectivity index (χ2v) is 6.23. The molecule has 0 spiro atoms. The summed E-state index contributed by atoms with van der Waals surface area (Å²) in [4.78, 5) is 4.41. The summed E-state index contributed by atoms with van der Waals surface area (Å²) >= 11 is 0. The van der Waals surface area contributed by atoms with E-state index in [1.165, 1.54) is 12.1 Å². The van der Waals surface area contributed by atoms with E-state index < -0.39 is 6.10 Å². The highest BCUT2D eigenvalue weighted by molar-refractivity contribution is 5.50. The summed E-state index contributed by atoms with van der Waals surface area (Å²) in [6.45, 7) is 4.07. The molecule has 1 atom stereocenters. The topological polar surface area (TPSA) is 56.2 Å². The van der Waals surface area contributed by atoms with Gasteiger partial charge >= 0.3 is 0 Å². The maximum absolute atomic E-state index is 12.8. The molecule has 1 heterocycles. The highest BCUT2D eigenvalue weighted by atomic mass is 19.1. The molecule has 1 aliphatic heterocycles. The monoisotopic (exact) mass is 346 g/mol. The fourth-order valence-corrected chi connectivity index (χ4v) is 2.95. The summed E-state index contributed by atoms with van der Waals surface area (Å²) in [5.41, 5.74) is 1.01. The Hall–Kier alpha value is -2.31. The van der Waals surface area contributed by atoms with E-state index in [-0.39, 0.29) is 18.2 Å². The lowest BCUT2D eigenvalue weighted by molar-refractivity contribution is 0.0663. The number of phenolic OH excluding ortho intramolecular Hbond substituents is 1. The molecule has 0 saturated carbocycles. The molecule has 1 unspecified atom stereocenters. The van der Waals surface area contributed by atoms with Crippen LogP contribution in [0.5, 0.6) is 11.5 Å². The fraction of sp³-hybridized carbons (Fsp3) is 0.368. The summed E-state index contributed by atoms with van der Waals surface area (Å²) in [6, 6.07) is 13.0. The van der Waals surface area contributed by atoms with E-state index in [4.69, 9.17) is 4.74 Å². The fourth-order valence-electron chi connectivity index (χ4n) is 2.95. The summed E-state index contributed by atoms with van der Waals surface area (Å²) in [5, 5.41) is 19.7. The Balaban J connectivity index is 1.41. The third-order valence-electron chi connectivity index (χ3n) is 4.29. The lowest BCUT2D eigenvalue weighted by atomic mass is 10.2. The summed E-state index contributed by atoms with van der Waals surface area (Å²) in [5.74, 6) is 0.514. The first-order valence-electron chi connectivity index (χ1n) is 8.43. The van der Waals surface area contributed by atoms with Crippen LogP contribution in [0.15, 0.2) is 48.5 Å².